The fourth-order valence-corrected chi connectivity index (χ4v) is 3.45. The van der Waals surface area contributed by atoms with E-state index in [-0.39, 0.29) is 0 Å². The van der Waals surface area contributed by atoms with Gasteiger partial charge in [0.25, 0.3) is 0 Å². The summed E-state index contributed by atoms with van der Waals surface area (Å²) in [5.41, 5.74) is 3.08. The lowest BCUT2D eigenvalue weighted by molar-refractivity contribution is 0.127. The smallest absolute Gasteiger partial charge is 0.159 e. The predicted octanol–water partition coefficient (Wildman–Crippen LogP) is 4.55. The molecule has 0 saturated carbocycles. The molecule has 0 amide bonds. The van der Waals surface area contributed by atoms with Gasteiger partial charge in [-0.3, -0.25) is 0 Å². The lowest BCUT2D eigenvalue weighted by Crippen LogP contribution is -2.28. The zero-order valence-corrected chi connectivity index (χ0v) is 15.2. The van der Waals surface area contributed by atoms with Gasteiger partial charge < -0.3 is 5.11 Å². The molecule has 2 rings (SSSR count). The third-order valence-electron chi connectivity index (χ3n) is 3.09. The molecule has 0 fully saturated rings. The van der Waals surface area contributed by atoms with Crippen molar-refractivity contribution < 1.29 is 5.11 Å². The molecule has 0 saturated heterocycles. The van der Waals surface area contributed by atoms with Crippen molar-refractivity contribution in [3.05, 3.63) is 66.2 Å². The molecule has 2 aromatic rings. The lowest BCUT2D eigenvalue weighted by Gasteiger charge is -2.23. The molecule has 0 aliphatic rings. The maximum absolute atomic E-state index is 11.1. The Morgan fingerprint density at radius 3 is 2.05 bits per heavy atom. The molecule has 22 heavy (non-hydrogen) atoms. The van der Waals surface area contributed by atoms with Crippen molar-refractivity contribution in [3.63, 3.8) is 0 Å². The maximum atomic E-state index is 11.1. The number of hydrogen-bond donors (Lipinski definition) is 1. The summed E-state index contributed by atoms with van der Waals surface area (Å²) in [5, 5.41) is 11.1. The van der Waals surface area contributed by atoms with Crippen molar-refractivity contribution in [3.8, 4) is 11.5 Å². The van der Waals surface area contributed by atoms with Crippen LogP contribution in [0.5, 0.6) is 0 Å². The first-order chi connectivity index (χ1) is 10.4. The van der Waals surface area contributed by atoms with Crippen LogP contribution in [-0.4, -0.2) is 18.9 Å². The standard InChI is InChI=1S/C19H22OSSi/c1-22(2,3)15-14-19(20,17-10-6-4-7-11-17)16-21-18-12-8-5-9-13-18/h4-13,20H,16H2,1-3H3. The summed E-state index contributed by atoms with van der Waals surface area (Å²) in [6.07, 6.45) is 0. The molecule has 1 N–H and O–H groups in total. The van der Waals surface area contributed by atoms with Gasteiger partial charge in [0.05, 0.1) is 0 Å². The molecule has 0 radical (unpaired) electrons. The van der Waals surface area contributed by atoms with Gasteiger partial charge in [0.1, 0.15) is 8.07 Å². The lowest BCUT2D eigenvalue weighted by atomic mass is 9.97. The minimum atomic E-state index is -1.54. The quantitative estimate of drug-likeness (QED) is 0.505. The highest BCUT2D eigenvalue weighted by molar-refractivity contribution is 7.99. The van der Waals surface area contributed by atoms with E-state index >= 15 is 0 Å². The second-order valence-electron chi connectivity index (χ2n) is 6.33. The van der Waals surface area contributed by atoms with Gasteiger partial charge in [-0.1, -0.05) is 74.1 Å². The largest absolute Gasteiger partial charge is 0.372 e. The second kappa shape index (κ2) is 7.19. The minimum absolute atomic E-state index is 0.526. The monoisotopic (exact) mass is 326 g/mol. The molecule has 3 heteroatoms. The van der Waals surface area contributed by atoms with E-state index in [2.05, 4.69) is 43.2 Å². The summed E-state index contributed by atoms with van der Waals surface area (Å²) >= 11 is 1.64. The molecule has 0 aliphatic heterocycles. The zero-order valence-electron chi connectivity index (χ0n) is 13.3. The van der Waals surface area contributed by atoms with Crippen LogP contribution in [0.3, 0.4) is 0 Å². The number of thioether (sulfide) groups is 1. The first kappa shape index (κ1) is 16.9. The third kappa shape index (κ3) is 5.06. The molecular formula is C19H22OSSi. The van der Waals surface area contributed by atoms with Crippen LogP contribution in [0.25, 0.3) is 0 Å². The molecule has 2 aromatic carbocycles. The van der Waals surface area contributed by atoms with Crippen molar-refractivity contribution in [2.75, 3.05) is 5.75 Å². The summed E-state index contributed by atoms with van der Waals surface area (Å²) in [5.74, 6) is 3.70. The van der Waals surface area contributed by atoms with Gasteiger partial charge in [-0.15, -0.1) is 17.3 Å². The van der Waals surface area contributed by atoms with E-state index in [1.165, 1.54) is 0 Å². The third-order valence-corrected chi connectivity index (χ3v) is 5.13. The second-order valence-corrected chi connectivity index (χ2v) is 12.1. The van der Waals surface area contributed by atoms with E-state index in [9.17, 15) is 5.11 Å². The summed E-state index contributed by atoms with van der Waals surface area (Å²) in [4.78, 5) is 1.15. The number of hydrogen-bond acceptors (Lipinski definition) is 2. The summed E-state index contributed by atoms with van der Waals surface area (Å²) in [7, 11) is -1.54. The van der Waals surface area contributed by atoms with E-state index < -0.39 is 13.7 Å². The van der Waals surface area contributed by atoms with E-state index in [4.69, 9.17) is 0 Å². The zero-order chi connectivity index (χ0) is 16.1. The Bertz CT molecular complexity index is 653. The van der Waals surface area contributed by atoms with Crippen LogP contribution in [0.4, 0.5) is 0 Å². The van der Waals surface area contributed by atoms with E-state index in [1.54, 1.807) is 11.8 Å². The maximum Gasteiger partial charge on any atom is 0.159 e. The van der Waals surface area contributed by atoms with Crippen LogP contribution in [0.1, 0.15) is 5.56 Å². The highest BCUT2D eigenvalue weighted by Crippen LogP contribution is 2.29. The van der Waals surface area contributed by atoms with Crippen molar-refractivity contribution in [2.24, 2.45) is 0 Å². The Kier molecular flexibility index (Phi) is 5.52. The number of aliphatic hydroxyl groups is 1. The van der Waals surface area contributed by atoms with Gasteiger partial charge in [-0.25, -0.2) is 0 Å². The van der Waals surface area contributed by atoms with Crippen LogP contribution in [0.2, 0.25) is 19.6 Å². The Labute approximate surface area is 138 Å². The van der Waals surface area contributed by atoms with E-state index in [1.807, 2.05) is 48.5 Å². The van der Waals surface area contributed by atoms with Gasteiger partial charge in [0.15, 0.2) is 5.60 Å². The molecule has 1 atom stereocenters. The molecule has 114 valence electrons. The van der Waals surface area contributed by atoms with Gasteiger partial charge in [-0.2, -0.15) is 0 Å². The Morgan fingerprint density at radius 1 is 0.955 bits per heavy atom. The summed E-state index contributed by atoms with van der Waals surface area (Å²) in [6, 6.07) is 19.9. The molecule has 1 nitrogen and oxygen atoms in total. The highest BCUT2D eigenvalue weighted by atomic mass is 32.2. The van der Waals surface area contributed by atoms with E-state index in [0.717, 1.165) is 10.5 Å². The van der Waals surface area contributed by atoms with Crippen LogP contribution >= 0.6 is 11.8 Å². The average molecular weight is 327 g/mol. The van der Waals surface area contributed by atoms with Crippen molar-refractivity contribution >= 4 is 19.8 Å². The molecular weight excluding hydrogens is 304 g/mol. The summed E-state index contributed by atoms with van der Waals surface area (Å²) in [6.45, 7) is 6.57. The van der Waals surface area contributed by atoms with Gasteiger partial charge >= 0.3 is 0 Å². The molecule has 0 heterocycles. The van der Waals surface area contributed by atoms with Gasteiger partial charge in [0.2, 0.25) is 0 Å². The Balaban J connectivity index is 2.27. The SMILES string of the molecule is C[Si](C)(C)C#CC(O)(CSc1ccccc1)c1ccccc1. The molecule has 0 aromatic heterocycles. The predicted molar refractivity (Wildman–Crippen MR) is 98.6 cm³/mol. The Hall–Kier alpha value is -1.47. The van der Waals surface area contributed by atoms with Crippen LogP contribution in [-0.2, 0) is 5.60 Å². The number of rotatable bonds is 4. The molecule has 1 unspecified atom stereocenters. The fourth-order valence-electron chi connectivity index (χ4n) is 1.90. The normalized spacial score (nSPS) is 13.8. The molecule has 0 spiro atoms. The van der Waals surface area contributed by atoms with Crippen LogP contribution in [0.15, 0.2) is 65.6 Å². The first-order valence-corrected chi connectivity index (χ1v) is 11.9. The fraction of sp³-hybridized carbons (Fsp3) is 0.263. The topological polar surface area (TPSA) is 20.2 Å². The first-order valence-electron chi connectivity index (χ1n) is 7.39. The average Bonchev–Trinajstić information content (AvgIpc) is 2.52. The molecule has 0 bridgehead atoms. The van der Waals surface area contributed by atoms with Crippen molar-refractivity contribution in [1.29, 1.82) is 0 Å². The number of benzene rings is 2. The van der Waals surface area contributed by atoms with Crippen molar-refractivity contribution in [1.82, 2.24) is 0 Å². The van der Waals surface area contributed by atoms with Crippen LogP contribution < -0.4 is 0 Å². The molecule has 0 aliphatic carbocycles. The van der Waals surface area contributed by atoms with Crippen LogP contribution in [0, 0.1) is 11.5 Å². The van der Waals surface area contributed by atoms with E-state index in [0.29, 0.717) is 5.75 Å². The highest BCUT2D eigenvalue weighted by Gasteiger charge is 2.27. The Morgan fingerprint density at radius 2 is 1.50 bits per heavy atom. The van der Waals surface area contributed by atoms with Crippen molar-refractivity contribution in [2.45, 2.75) is 30.1 Å². The summed E-state index contributed by atoms with van der Waals surface area (Å²) < 4.78 is 0. The van der Waals surface area contributed by atoms with Gasteiger partial charge in [0, 0.05) is 10.6 Å². The van der Waals surface area contributed by atoms with Gasteiger partial charge in [-0.05, 0) is 17.7 Å². The minimum Gasteiger partial charge on any atom is -0.372 e.